The minimum absolute atomic E-state index is 0.0514. The van der Waals surface area contributed by atoms with Crippen molar-refractivity contribution in [2.45, 2.75) is 13.8 Å². The van der Waals surface area contributed by atoms with E-state index in [2.05, 4.69) is 36.3 Å². The summed E-state index contributed by atoms with van der Waals surface area (Å²) >= 11 is 0. The third kappa shape index (κ3) is 3.31. The molecule has 0 amide bonds. The van der Waals surface area contributed by atoms with Crippen molar-refractivity contribution in [3.63, 3.8) is 0 Å². The molecule has 7 nitrogen and oxygen atoms in total. The number of imidazole rings is 1. The van der Waals surface area contributed by atoms with Crippen LogP contribution in [0.3, 0.4) is 0 Å². The Bertz CT molecular complexity index is 1180. The molecule has 2 heterocycles. The van der Waals surface area contributed by atoms with Gasteiger partial charge in [-0.3, -0.25) is 4.40 Å². The second kappa shape index (κ2) is 7.35. The summed E-state index contributed by atoms with van der Waals surface area (Å²) in [5, 5.41) is 13.8. The van der Waals surface area contributed by atoms with Gasteiger partial charge in [0.1, 0.15) is 11.5 Å². The molecule has 0 aliphatic heterocycles. The molecule has 29 heavy (non-hydrogen) atoms. The first-order valence-electron chi connectivity index (χ1n) is 9.14. The fourth-order valence-electron chi connectivity index (χ4n) is 3.32. The number of aromatic nitrogens is 3. The lowest BCUT2D eigenvalue weighted by molar-refractivity contribution is 0.340. The lowest BCUT2D eigenvalue weighted by atomic mass is 10.1. The summed E-state index contributed by atoms with van der Waals surface area (Å²) in [4.78, 5) is 9.07. The van der Waals surface area contributed by atoms with E-state index in [9.17, 15) is 5.11 Å². The summed E-state index contributed by atoms with van der Waals surface area (Å²) < 4.78 is 12.5. The number of hydrogen-bond donors (Lipinski definition) is 2. The molecule has 2 aromatic carbocycles. The molecule has 0 fully saturated rings. The van der Waals surface area contributed by atoms with Crippen molar-refractivity contribution >= 4 is 17.3 Å². The molecule has 0 radical (unpaired) electrons. The van der Waals surface area contributed by atoms with Crippen molar-refractivity contribution in [1.29, 1.82) is 0 Å². The minimum Gasteiger partial charge on any atom is -0.502 e. The number of benzene rings is 2. The average Bonchev–Trinajstić information content (AvgIpc) is 3.09. The Balaban J connectivity index is 1.93. The van der Waals surface area contributed by atoms with E-state index in [1.165, 1.54) is 19.8 Å². The third-order valence-electron chi connectivity index (χ3n) is 4.79. The fourth-order valence-corrected chi connectivity index (χ4v) is 3.32. The molecule has 4 rings (SSSR count). The minimum atomic E-state index is -0.0514. The smallest absolute Gasteiger partial charge is 0.235 e. The van der Waals surface area contributed by atoms with Crippen LogP contribution in [0, 0.1) is 13.8 Å². The summed E-state index contributed by atoms with van der Waals surface area (Å²) in [6, 6.07) is 11.5. The van der Waals surface area contributed by atoms with Gasteiger partial charge in [0.15, 0.2) is 11.5 Å². The number of nitrogens with zero attached hydrogens (tertiary/aromatic N) is 3. The van der Waals surface area contributed by atoms with Crippen molar-refractivity contribution in [1.82, 2.24) is 14.4 Å². The normalized spacial score (nSPS) is 10.9. The molecule has 0 bridgehead atoms. The van der Waals surface area contributed by atoms with Crippen LogP contribution in [0.5, 0.6) is 17.2 Å². The van der Waals surface area contributed by atoms with Crippen LogP contribution in [0.1, 0.15) is 11.1 Å². The first-order valence-corrected chi connectivity index (χ1v) is 9.14. The van der Waals surface area contributed by atoms with E-state index in [0.717, 1.165) is 22.6 Å². The van der Waals surface area contributed by atoms with Gasteiger partial charge in [-0.05, 0) is 43.7 Å². The van der Waals surface area contributed by atoms with Gasteiger partial charge in [0.2, 0.25) is 11.5 Å². The van der Waals surface area contributed by atoms with Crippen LogP contribution in [-0.4, -0.2) is 33.7 Å². The molecular formula is C22H22N4O3. The zero-order valence-corrected chi connectivity index (χ0v) is 16.7. The molecule has 2 aromatic heterocycles. The Hall–Kier alpha value is -3.74. The van der Waals surface area contributed by atoms with Crippen LogP contribution in [-0.2, 0) is 0 Å². The Morgan fingerprint density at radius 3 is 2.41 bits per heavy atom. The first-order chi connectivity index (χ1) is 14.0. The Morgan fingerprint density at radius 2 is 1.76 bits per heavy atom. The predicted octanol–water partition coefficient (Wildman–Crippen LogP) is 4.48. The van der Waals surface area contributed by atoms with Gasteiger partial charge in [0.05, 0.1) is 14.2 Å². The molecule has 2 N–H and O–H groups in total. The maximum Gasteiger partial charge on any atom is 0.235 e. The maximum absolute atomic E-state index is 10.3. The number of aromatic hydroxyl groups is 1. The van der Waals surface area contributed by atoms with Gasteiger partial charge in [0.25, 0.3) is 0 Å². The monoisotopic (exact) mass is 390 g/mol. The molecule has 0 spiro atoms. The summed E-state index contributed by atoms with van der Waals surface area (Å²) in [7, 11) is 3.00. The number of fused-ring (bicyclic) bond motifs is 1. The summed E-state index contributed by atoms with van der Waals surface area (Å²) in [6.07, 6.45) is 3.60. The Labute approximate surface area is 168 Å². The van der Waals surface area contributed by atoms with Crippen LogP contribution in [0.4, 0.5) is 11.5 Å². The second-order valence-electron chi connectivity index (χ2n) is 6.77. The van der Waals surface area contributed by atoms with Crippen LogP contribution in [0.25, 0.3) is 17.0 Å². The highest BCUT2D eigenvalue weighted by Gasteiger charge is 2.20. The largest absolute Gasteiger partial charge is 0.502 e. The van der Waals surface area contributed by atoms with Gasteiger partial charge in [-0.15, -0.1) is 0 Å². The lowest BCUT2D eigenvalue weighted by Gasteiger charge is -2.14. The highest BCUT2D eigenvalue weighted by atomic mass is 16.5. The topological polar surface area (TPSA) is 80.9 Å². The molecule has 148 valence electrons. The van der Waals surface area contributed by atoms with E-state index in [1.54, 1.807) is 18.3 Å². The average molecular weight is 390 g/mol. The van der Waals surface area contributed by atoms with E-state index < -0.39 is 0 Å². The Kier molecular flexibility index (Phi) is 4.72. The van der Waals surface area contributed by atoms with E-state index in [1.807, 2.05) is 22.7 Å². The second-order valence-corrected chi connectivity index (χ2v) is 6.77. The van der Waals surface area contributed by atoms with Gasteiger partial charge in [-0.2, -0.15) is 0 Å². The quantitative estimate of drug-likeness (QED) is 0.523. The van der Waals surface area contributed by atoms with Crippen molar-refractivity contribution in [2.75, 3.05) is 19.5 Å². The van der Waals surface area contributed by atoms with Crippen LogP contribution < -0.4 is 14.8 Å². The molecule has 0 aliphatic carbocycles. The van der Waals surface area contributed by atoms with Crippen molar-refractivity contribution in [2.24, 2.45) is 0 Å². The number of phenolic OH excluding ortho intramolecular Hbond substituents is 1. The summed E-state index contributed by atoms with van der Waals surface area (Å²) in [6.45, 7) is 4.12. The fraction of sp³-hybridized carbons (Fsp3) is 0.182. The molecule has 0 saturated carbocycles. The molecule has 7 heteroatoms. The molecule has 0 saturated heterocycles. The number of phenols is 1. The molecule has 0 unspecified atom stereocenters. The molecule has 0 aliphatic rings. The first kappa shape index (κ1) is 18.6. The van der Waals surface area contributed by atoms with Gasteiger partial charge >= 0.3 is 0 Å². The number of hydrogen-bond acceptors (Lipinski definition) is 6. The molecule has 4 aromatic rings. The van der Waals surface area contributed by atoms with Crippen molar-refractivity contribution in [3.8, 4) is 28.5 Å². The van der Waals surface area contributed by atoms with E-state index in [4.69, 9.17) is 14.5 Å². The Morgan fingerprint density at radius 1 is 1.03 bits per heavy atom. The van der Waals surface area contributed by atoms with Crippen LogP contribution in [0.15, 0.2) is 48.8 Å². The SMILES string of the molecule is COc1cc(-c2nc3ncccn3c2Nc2ccc(C)cc2C)cc(OC)c1O. The number of anilines is 2. The maximum atomic E-state index is 10.3. The van der Waals surface area contributed by atoms with E-state index in [0.29, 0.717) is 23.0 Å². The lowest BCUT2D eigenvalue weighted by Crippen LogP contribution is -1.99. The number of methoxy groups -OCH3 is 2. The number of ether oxygens (including phenoxy) is 2. The number of rotatable bonds is 5. The van der Waals surface area contributed by atoms with E-state index >= 15 is 0 Å². The number of aryl methyl sites for hydroxylation is 2. The molecule has 0 atom stereocenters. The zero-order valence-electron chi connectivity index (χ0n) is 16.7. The van der Waals surface area contributed by atoms with Crippen molar-refractivity contribution < 1.29 is 14.6 Å². The predicted molar refractivity (Wildman–Crippen MR) is 112 cm³/mol. The van der Waals surface area contributed by atoms with Gasteiger partial charge < -0.3 is 19.9 Å². The van der Waals surface area contributed by atoms with Gasteiger partial charge in [-0.1, -0.05) is 17.7 Å². The number of nitrogens with one attached hydrogen (secondary N) is 1. The zero-order chi connectivity index (χ0) is 20.5. The summed E-state index contributed by atoms with van der Waals surface area (Å²) in [5.41, 5.74) is 4.69. The molecular weight excluding hydrogens is 368 g/mol. The highest BCUT2D eigenvalue weighted by molar-refractivity contribution is 5.81. The van der Waals surface area contributed by atoms with E-state index in [-0.39, 0.29) is 5.75 Å². The van der Waals surface area contributed by atoms with Gasteiger partial charge in [-0.25, -0.2) is 9.97 Å². The van der Waals surface area contributed by atoms with Crippen LogP contribution >= 0.6 is 0 Å². The standard InChI is InChI=1S/C22H22N4O3/c1-13-6-7-16(14(2)10-13)24-21-19(25-22-23-8-5-9-26(21)22)15-11-17(28-3)20(27)18(12-15)29-4/h5-12,24,27H,1-4H3. The van der Waals surface area contributed by atoms with Gasteiger partial charge in [0, 0.05) is 23.6 Å². The third-order valence-corrected chi connectivity index (χ3v) is 4.79. The highest BCUT2D eigenvalue weighted by Crippen LogP contribution is 2.42. The van der Waals surface area contributed by atoms with Crippen molar-refractivity contribution in [3.05, 3.63) is 59.9 Å². The van der Waals surface area contributed by atoms with Crippen LogP contribution in [0.2, 0.25) is 0 Å². The summed E-state index contributed by atoms with van der Waals surface area (Å²) in [5.74, 6) is 1.88.